The first kappa shape index (κ1) is 12.8. The Bertz CT molecular complexity index is 972. The molecule has 21 heavy (non-hydrogen) atoms. The number of nitrogens with zero attached hydrogens (tertiary/aromatic N) is 3. The van der Waals surface area contributed by atoms with Gasteiger partial charge in [-0.05, 0) is 36.8 Å². The summed E-state index contributed by atoms with van der Waals surface area (Å²) >= 11 is 3.55. The highest BCUT2D eigenvalue weighted by Gasteiger charge is 2.13. The van der Waals surface area contributed by atoms with Crippen LogP contribution in [0.4, 0.5) is 0 Å². The summed E-state index contributed by atoms with van der Waals surface area (Å²) in [6.45, 7) is 2.18. The third kappa shape index (κ3) is 1.94. The second-order valence-electron chi connectivity index (χ2n) is 5.20. The van der Waals surface area contributed by atoms with E-state index >= 15 is 0 Å². The number of aromatic nitrogens is 3. The van der Waals surface area contributed by atoms with E-state index in [1.165, 1.54) is 0 Å². The quantitative estimate of drug-likeness (QED) is 0.527. The number of hydrogen-bond donors (Lipinski definition) is 0. The molecule has 0 unspecified atom stereocenters. The molecule has 0 N–H and O–H groups in total. The highest BCUT2D eigenvalue weighted by molar-refractivity contribution is 9.10. The molecule has 2 aromatic carbocycles. The summed E-state index contributed by atoms with van der Waals surface area (Å²) in [5.74, 6) is 1.08. The molecule has 4 aromatic rings. The summed E-state index contributed by atoms with van der Waals surface area (Å²) in [7, 11) is 0. The maximum absolute atomic E-state index is 4.86. The van der Waals surface area contributed by atoms with Crippen LogP contribution in [0.15, 0.2) is 46.9 Å². The van der Waals surface area contributed by atoms with Gasteiger partial charge >= 0.3 is 0 Å². The Balaban J connectivity index is 2.25. The lowest BCUT2D eigenvalue weighted by Gasteiger charge is -2.08. The van der Waals surface area contributed by atoms with Gasteiger partial charge in [-0.1, -0.05) is 35.0 Å². The van der Waals surface area contributed by atoms with Gasteiger partial charge in [0, 0.05) is 16.3 Å². The Morgan fingerprint density at radius 1 is 1.05 bits per heavy atom. The van der Waals surface area contributed by atoms with E-state index in [0.717, 1.165) is 50.7 Å². The number of imidazole rings is 1. The lowest BCUT2D eigenvalue weighted by atomic mass is 10.2. The number of benzene rings is 2. The van der Waals surface area contributed by atoms with E-state index in [1.807, 2.05) is 12.1 Å². The Morgan fingerprint density at radius 3 is 2.76 bits per heavy atom. The van der Waals surface area contributed by atoms with E-state index in [9.17, 15) is 0 Å². The molecule has 2 aromatic heterocycles. The van der Waals surface area contributed by atoms with Crippen molar-refractivity contribution in [1.82, 2.24) is 14.4 Å². The SMILES string of the molecule is CCCc1nc2ccc(Br)cc2c2nc3ccccc3n12. The highest BCUT2D eigenvalue weighted by Crippen LogP contribution is 2.27. The van der Waals surface area contributed by atoms with Gasteiger partial charge in [0.25, 0.3) is 0 Å². The van der Waals surface area contributed by atoms with E-state index in [4.69, 9.17) is 9.97 Å². The number of fused-ring (bicyclic) bond motifs is 5. The molecular formula is C17H14BrN3. The molecule has 0 saturated carbocycles. The summed E-state index contributed by atoms with van der Waals surface area (Å²) in [6.07, 6.45) is 2.01. The summed E-state index contributed by atoms with van der Waals surface area (Å²) < 4.78 is 3.25. The molecule has 0 saturated heterocycles. The fraction of sp³-hybridized carbons (Fsp3) is 0.176. The van der Waals surface area contributed by atoms with Gasteiger partial charge in [0.2, 0.25) is 0 Å². The summed E-state index contributed by atoms with van der Waals surface area (Å²) in [6, 6.07) is 14.4. The fourth-order valence-corrected chi connectivity index (χ4v) is 3.19. The number of halogens is 1. The van der Waals surface area contributed by atoms with Crippen LogP contribution in [0.3, 0.4) is 0 Å². The zero-order valence-corrected chi connectivity index (χ0v) is 13.3. The van der Waals surface area contributed by atoms with Crippen molar-refractivity contribution in [2.24, 2.45) is 0 Å². The molecule has 3 nitrogen and oxygen atoms in total. The maximum Gasteiger partial charge on any atom is 0.148 e. The van der Waals surface area contributed by atoms with Crippen molar-refractivity contribution in [3.8, 4) is 0 Å². The van der Waals surface area contributed by atoms with Crippen molar-refractivity contribution in [2.45, 2.75) is 19.8 Å². The number of rotatable bonds is 2. The average Bonchev–Trinajstić information content (AvgIpc) is 2.88. The Kier molecular flexibility index (Phi) is 2.93. The van der Waals surface area contributed by atoms with Gasteiger partial charge in [0.05, 0.1) is 16.6 Å². The second-order valence-corrected chi connectivity index (χ2v) is 6.11. The number of aryl methyl sites for hydroxylation is 1. The molecule has 0 radical (unpaired) electrons. The van der Waals surface area contributed by atoms with Crippen LogP contribution in [0, 0.1) is 0 Å². The normalized spacial score (nSPS) is 11.7. The lowest BCUT2D eigenvalue weighted by Crippen LogP contribution is -2.01. The van der Waals surface area contributed by atoms with Crippen molar-refractivity contribution in [2.75, 3.05) is 0 Å². The number of hydrogen-bond acceptors (Lipinski definition) is 2. The van der Waals surface area contributed by atoms with Crippen LogP contribution in [0.25, 0.3) is 27.6 Å². The van der Waals surface area contributed by atoms with Crippen LogP contribution in [-0.4, -0.2) is 14.4 Å². The Hall–Kier alpha value is -1.94. The molecule has 0 aliphatic carbocycles. The van der Waals surface area contributed by atoms with Crippen molar-refractivity contribution in [3.63, 3.8) is 0 Å². The molecule has 0 bridgehead atoms. The molecule has 0 amide bonds. The number of para-hydroxylation sites is 2. The van der Waals surface area contributed by atoms with E-state index in [-0.39, 0.29) is 0 Å². The lowest BCUT2D eigenvalue weighted by molar-refractivity contribution is 0.829. The van der Waals surface area contributed by atoms with Crippen LogP contribution in [0.2, 0.25) is 0 Å². The smallest absolute Gasteiger partial charge is 0.148 e. The largest absolute Gasteiger partial charge is 0.280 e. The van der Waals surface area contributed by atoms with Gasteiger partial charge in [-0.15, -0.1) is 0 Å². The van der Waals surface area contributed by atoms with Gasteiger partial charge in [-0.25, -0.2) is 9.97 Å². The molecular weight excluding hydrogens is 326 g/mol. The van der Waals surface area contributed by atoms with Crippen molar-refractivity contribution < 1.29 is 0 Å². The van der Waals surface area contributed by atoms with Crippen LogP contribution in [-0.2, 0) is 6.42 Å². The monoisotopic (exact) mass is 339 g/mol. The second kappa shape index (κ2) is 4.81. The molecule has 0 atom stereocenters. The molecule has 0 aliphatic heterocycles. The van der Waals surface area contributed by atoms with Crippen molar-refractivity contribution in [1.29, 1.82) is 0 Å². The van der Waals surface area contributed by atoms with Crippen LogP contribution in [0.1, 0.15) is 19.2 Å². The maximum atomic E-state index is 4.86. The zero-order chi connectivity index (χ0) is 14.4. The molecule has 4 heteroatoms. The van der Waals surface area contributed by atoms with Gasteiger partial charge in [0.1, 0.15) is 11.5 Å². The molecule has 0 spiro atoms. The van der Waals surface area contributed by atoms with Gasteiger partial charge < -0.3 is 0 Å². The third-order valence-corrected chi connectivity index (χ3v) is 4.23. The minimum Gasteiger partial charge on any atom is -0.280 e. The predicted octanol–water partition coefficient (Wildman–Crippen LogP) is 4.75. The summed E-state index contributed by atoms with van der Waals surface area (Å²) in [5, 5.41) is 1.08. The molecule has 0 fully saturated rings. The standard InChI is InChI=1S/C17H14BrN3/c1-2-5-16-19-13-9-8-11(18)10-12(13)17-20-14-6-3-4-7-15(14)21(16)17/h3-4,6-10H,2,5H2,1H3. The average molecular weight is 340 g/mol. The zero-order valence-electron chi connectivity index (χ0n) is 11.7. The molecule has 0 aliphatic rings. The fourth-order valence-electron chi connectivity index (χ4n) is 2.83. The van der Waals surface area contributed by atoms with Gasteiger partial charge in [0.15, 0.2) is 0 Å². The Labute approximate surface area is 130 Å². The molecule has 104 valence electrons. The minimum absolute atomic E-state index is 0.947. The van der Waals surface area contributed by atoms with E-state index in [1.54, 1.807) is 0 Å². The van der Waals surface area contributed by atoms with Crippen LogP contribution < -0.4 is 0 Å². The molecule has 2 heterocycles. The van der Waals surface area contributed by atoms with Gasteiger partial charge in [-0.2, -0.15) is 0 Å². The van der Waals surface area contributed by atoms with Crippen LogP contribution >= 0.6 is 15.9 Å². The van der Waals surface area contributed by atoms with E-state index < -0.39 is 0 Å². The predicted molar refractivity (Wildman–Crippen MR) is 89.7 cm³/mol. The summed E-state index contributed by atoms with van der Waals surface area (Å²) in [5.41, 5.74) is 4.14. The van der Waals surface area contributed by atoms with Gasteiger partial charge in [-0.3, -0.25) is 4.40 Å². The third-order valence-electron chi connectivity index (χ3n) is 3.74. The first-order valence-electron chi connectivity index (χ1n) is 7.13. The highest BCUT2D eigenvalue weighted by atomic mass is 79.9. The first-order chi connectivity index (χ1) is 10.3. The summed E-state index contributed by atoms with van der Waals surface area (Å²) in [4.78, 5) is 9.69. The minimum atomic E-state index is 0.947. The molecule has 4 rings (SSSR count). The van der Waals surface area contributed by atoms with Crippen LogP contribution in [0.5, 0.6) is 0 Å². The van der Waals surface area contributed by atoms with E-state index in [2.05, 4.69) is 57.6 Å². The Morgan fingerprint density at radius 2 is 1.90 bits per heavy atom. The van der Waals surface area contributed by atoms with Crippen molar-refractivity contribution in [3.05, 3.63) is 52.8 Å². The van der Waals surface area contributed by atoms with Crippen molar-refractivity contribution >= 4 is 43.5 Å². The topological polar surface area (TPSA) is 30.2 Å². The van der Waals surface area contributed by atoms with E-state index in [0.29, 0.717) is 0 Å². The first-order valence-corrected chi connectivity index (χ1v) is 7.92.